The molecule has 0 saturated carbocycles. The minimum Gasteiger partial charge on any atom is -0.480 e. The Balaban J connectivity index is 2.36. The monoisotopic (exact) mass is 236 g/mol. The van der Waals surface area contributed by atoms with E-state index in [4.69, 9.17) is 10.8 Å². The molecule has 4 heteroatoms. The third kappa shape index (κ3) is 5.47. The molecule has 1 aromatic carbocycles. The van der Waals surface area contributed by atoms with Gasteiger partial charge in [0.2, 0.25) is 0 Å². The zero-order chi connectivity index (χ0) is 12.5. The maximum atomic E-state index is 11.0. The molecule has 0 fully saturated rings. The zero-order valence-electron chi connectivity index (χ0n) is 9.93. The van der Waals surface area contributed by atoms with Crippen molar-refractivity contribution in [2.24, 2.45) is 5.73 Å². The lowest BCUT2D eigenvalue weighted by Crippen LogP contribution is -2.36. The first kappa shape index (κ1) is 13.7. The van der Waals surface area contributed by atoms with E-state index in [-0.39, 0.29) is 0 Å². The molecule has 4 nitrogen and oxygen atoms in total. The first-order valence-corrected chi connectivity index (χ1v) is 5.94. The highest BCUT2D eigenvalue weighted by Crippen LogP contribution is 2.03. The van der Waals surface area contributed by atoms with Crippen LogP contribution in [-0.4, -0.2) is 23.7 Å². The zero-order valence-corrected chi connectivity index (χ0v) is 9.93. The highest BCUT2D eigenvalue weighted by molar-refractivity contribution is 5.73. The number of nitrogens with two attached hydrogens (primary N) is 1. The van der Waals surface area contributed by atoms with E-state index < -0.39 is 12.0 Å². The van der Waals surface area contributed by atoms with Crippen LogP contribution in [0, 0.1) is 0 Å². The first-order valence-electron chi connectivity index (χ1n) is 5.94. The van der Waals surface area contributed by atoms with Crippen LogP contribution in [0.15, 0.2) is 30.3 Å². The molecule has 4 N–H and O–H groups in total. The number of carboxylic acids is 1. The second-order valence-electron chi connectivity index (χ2n) is 4.04. The van der Waals surface area contributed by atoms with Crippen LogP contribution in [0.3, 0.4) is 0 Å². The van der Waals surface area contributed by atoms with Gasteiger partial charge in [-0.15, -0.1) is 0 Å². The van der Waals surface area contributed by atoms with Crippen molar-refractivity contribution in [3.8, 4) is 0 Å². The van der Waals surface area contributed by atoms with Crippen LogP contribution >= 0.6 is 0 Å². The molecule has 17 heavy (non-hydrogen) atoms. The normalized spacial score (nSPS) is 12.3. The fraction of sp³-hybridized carbons (Fsp3) is 0.462. The Labute approximate surface area is 102 Å². The van der Waals surface area contributed by atoms with Gasteiger partial charge in [0, 0.05) is 6.54 Å². The van der Waals surface area contributed by atoms with Gasteiger partial charge < -0.3 is 16.2 Å². The number of hydrogen-bond acceptors (Lipinski definition) is 3. The molecule has 0 spiro atoms. The lowest BCUT2D eigenvalue weighted by Gasteiger charge is -2.14. The molecule has 1 unspecified atom stereocenters. The molecule has 0 aliphatic heterocycles. The van der Waals surface area contributed by atoms with Crippen molar-refractivity contribution in [1.29, 1.82) is 0 Å². The third-order valence-electron chi connectivity index (χ3n) is 2.64. The Morgan fingerprint density at radius 1 is 1.29 bits per heavy atom. The van der Waals surface area contributed by atoms with E-state index in [2.05, 4.69) is 5.32 Å². The summed E-state index contributed by atoms with van der Waals surface area (Å²) >= 11 is 0. The Morgan fingerprint density at radius 2 is 2.00 bits per heavy atom. The molecule has 94 valence electrons. The maximum absolute atomic E-state index is 11.0. The summed E-state index contributed by atoms with van der Waals surface area (Å²) in [6, 6.07) is 9.31. The Morgan fingerprint density at radius 3 is 2.59 bits per heavy atom. The number of benzene rings is 1. The summed E-state index contributed by atoms with van der Waals surface area (Å²) in [5.41, 5.74) is 6.48. The molecule has 0 aliphatic carbocycles. The molecule has 0 heterocycles. The first-order chi connectivity index (χ1) is 8.24. The Kier molecular flexibility index (Phi) is 6.29. The van der Waals surface area contributed by atoms with Crippen molar-refractivity contribution >= 4 is 5.97 Å². The van der Waals surface area contributed by atoms with Crippen LogP contribution in [0.1, 0.15) is 24.8 Å². The number of carboxylic acid groups (broad SMARTS) is 1. The van der Waals surface area contributed by atoms with Gasteiger partial charge >= 0.3 is 5.97 Å². The van der Waals surface area contributed by atoms with Gasteiger partial charge in [-0.05, 0) is 24.9 Å². The topological polar surface area (TPSA) is 75.3 Å². The number of unbranched alkanes of at least 4 members (excludes halogenated alkanes) is 1. The fourth-order valence-corrected chi connectivity index (χ4v) is 1.64. The molecular formula is C13H20N2O2. The van der Waals surface area contributed by atoms with E-state index in [9.17, 15) is 4.79 Å². The lowest BCUT2D eigenvalue weighted by molar-refractivity contribution is -0.139. The van der Waals surface area contributed by atoms with Crippen LogP contribution in [0.2, 0.25) is 0 Å². The second kappa shape index (κ2) is 7.81. The molecule has 0 aromatic heterocycles. The van der Waals surface area contributed by atoms with Gasteiger partial charge in [0.05, 0.1) is 0 Å². The number of rotatable bonds is 8. The molecular weight excluding hydrogens is 216 g/mol. The molecule has 1 atom stereocenters. The van der Waals surface area contributed by atoms with Crippen molar-refractivity contribution in [1.82, 2.24) is 5.32 Å². The number of carbonyl (C=O) groups is 1. The average molecular weight is 236 g/mol. The maximum Gasteiger partial charge on any atom is 0.320 e. The summed E-state index contributed by atoms with van der Waals surface area (Å²) in [5, 5.41) is 12.1. The Hall–Kier alpha value is -1.39. The fourth-order valence-electron chi connectivity index (χ4n) is 1.64. The SMILES string of the molecule is NCCCCC(NCc1ccccc1)C(=O)O. The highest BCUT2D eigenvalue weighted by atomic mass is 16.4. The van der Waals surface area contributed by atoms with E-state index >= 15 is 0 Å². The highest BCUT2D eigenvalue weighted by Gasteiger charge is 2.15. The molecule has 0 radical (unpaired) electrons. The van der Waals surface area contributed by atoms with E-state index in [0.717, 1.165) is 18.4 Å². The van der Waals surface area contributed by atoms with Gasteiger partial charge in [0.1, 0.15) is 6.04 Å². The van der Waals surface area contributed by atoms with Gasteiger partial charge in [-0.3, -0.25) is 4.79 Å². The van der Waals surface area contributed by atoms with Crippen LogP contribution in [0.25, 0.3) is 0 Å². The summed E-state index contributed by atoms with van der Waals surface area (Å²) in [7, 11) is 0. The molecule has 0 aliphatic rings. The molecule has 1 aromatic rings. The summed E-state index contributed by atoms with van der Waals surface area (Å²) < 4.78 is 0. The van der Waals surface area contributed by atoms with Crippen molar-refractivity contribution in [2.75, 3.05) is 6.54 Å². The smallest absolute Gasteiger partial charge is 0.320 e. The summed E-state index contributed by atoms with van der Waals surface area (Å²) in [6.45, 7) is 1.20. The minimum atomic E-state index is -0.794. The van der Waals surface area contributed by atoms with Gasteiger partial charge in [0.15, 0.2) is 0 Å². The number of nitrogens with one attached hydrogen (secondary N) is 1. The molecule has 0 saturated heterocycles. The minimum absolute atomic E-state index is 0.484. The number of aliphatic carboxylic acids is 1. The van der Waals surface area contributed by atoms with Gasteiger partial charge in [-0.1, -0.05) is 36.8 Å². The predicted octanol–water partition coefficient (Wildman–Crippen LogP) is 1.36. The van der Waals surface area contributed by atoms with Crippen LogP contribution in [0.4, 0.5) is 0 Å². The molecule has 1 rings (SSSR count). The second-order valence-corrected chi connectivity index (χ2v) is 4.04. The lowest BCUT2D eigenvalue weighted by atomic mass is 10.1. The summed E-state index contributed by atoms with van der Waals surface area (Å²) in [5.74, 6) is -0.794. The van der Waals surface area contributed by atoms with Crippen molar-refractivity contribution in [3.05, 3.63) is 35.9 Å². The molecule has 0 bridgehead atoms. The largest absolute Gasteiger partial charge is 0.480 e. The van der Waals surface area contributed by atoms with Crippen LogP contribution in [0.5, 0.6) is 0 Å². The molecule has 0 amide bonds. The Bertz CT molecular complexity index is 327. The summed E-state index contributed by atoms with van der Waals surface area (Å²) in [4.78, 5) is 11.0. The van der Waals surface area contributed by atoms with Crippen molar-refractivity contribution in [3.63, 3.8) is 0 Å². The van der Waals surface area contributed by atoms with Crippen LogP contribution in [-0.2, 0) is 11.3 Å². The van der Waals surface area contributed by atoms with Crippen LogP contribution < -0.4 is 11.1 Å². The van der Waals surface area contributed by atoms with E-state index in [1.54, 1.807) is 0 Å². The van der Waals surface area contributed by atoms with E-state index in [1.807, 2.05) is 30.3 Å². The van der Waals surface area contributed by atoms with Crippen molar-refractivity contribution in [2.45, 2.75) is 31.8 Å². The predicted molar refractivity (Wildman–Crippen MR) is 67.6 cm³/mol. The third-order valence-corrected chi connectivity index (χ3v) is 2.64. The van der Waals surface area contributed by atoms with Gasteiger partial charge in [-0.25, -0.2) is 0 Å². The van der Waals surface area contributed by atoms with Gasteiger partial charge in [0.25, 0.3) is 0 Å². The van der Waals surface area contributed by atoms with Crippen molar-refractivity contribution < 1.29 is 9.90 Å². The quantitative estimate of drug-likeness (QED) is 0.596. The van der Waals surface area contributed by atoms with E-state index in [0.29, 0.717) is 19.5 Å². The van der Waals surface area contributed by atoms with E-state index in [1.165, 1.54) is 0 Å². The summed E-state index contributed by atoms with van der Waals surface area (Å²) in [6.07, 6.45) is 2.34. The number of hydrogen-bond donors (Lipinski definition) is 3. The standard InChI is InChI=1S/C13H20N2O2/c14-9-5-4-8-12(13(16)17)15-10-11-6-2-1-3-7-11/h1-3,6-7,12,15H,4-5,8-10,14H2,(H,16,17). The average Bonchev–Trinajstić information content (AvgIpc) is 2.34. The van der Waals surface area contributed by atoms with Gasteiger partial charge in [-0.2, -0.15) is 0 Å².